The van der Waals surface area contributed by atoms with Crippen molar-refractivity contribution < 1.29 is 9.59 Å². The fourth-order valence-corrected chi connectivity index (χ4v) is 2.79. The number of amides is 3. The molecule has 0 bridgehead atoms. The van der Waals surface area contributed by atoms with E-state index in [-0.39, 0.29) is 24.1 Å². The summed E-state index contributed by atoms with van der Waals surface area (Å²) in [5.41, 5.74) is -0.604. The zero-order chi connectivity index (χ0) is 16.3. The lowest BCUT2D eigenvalue weighted by molar-refractivity contribution is -0.119. The van der Waals surface area contributed by atoms with Gasteiger partial charge < -0.3 is 5.32 Å². The van der Waals surface area contributed by atoms with Gasteiger partial charge >= 0.3 is 11.7 Å². The van der Waals surface area contributed by atoms with Gasteiger partial charge in [0, 0.05) is 23.8 Å². The number of urea groups is 1. The number of nitrogens with one attached hydrogen (secondary N) is 3. The molecule has 0 spiro atoms. The molecular formula is C13H21N5O3S. The lowest BCUT2D eigenvalue weighted by Gasteiger charge is -2.20. The molecule has 0 unspecified atom stereocenters. The van der Waals surface area contributed by atoms with E-state index in [9.17, 15) is 14.4 Å². The van der Waals surface area contributed by atoms with Gasteiger partial charge in [-0.1, -0.05) is 11.8 Å². The Kier molecular flexibility index (Phi) is 4.94. The van der Waals surface area contributed by atoms with Crippen LogP contribution < -0.4 is 16.3 Å². The van der Waals surface area contributed by atoms with Crippen molar-refractivity contribution >= 4 is 23.7 Å². The fourth-order valence-electron chi connectivity index (χ4n) is 1.84. The molecule has 0 aliphatic heterocycles. The van der Waals surface area contributed by atoms with Gasteiger partial charge in [0.05, 0.1) is 0 Å². The van der Waals surface area contributed by atoms with E-state index in [1.54, 1.807) is 4.57 Å². The van der Waals surface area contributed by atoms with Crippen LogP contribution in [0.15, 0.2) is 9.95 Å². The van der Waals surface area contributed by atoms with Gasteiger partial charge in [-0.25, -0.2) is 14.7 Å². The predicted octanol–water partition coefficient (Wildman–Crippen LogP) is 1.01. The van der Waals surface area contributed by atoms with E-state index < -0.39 is 11.6 Å². The average Bonchev–Trinajstić information content (AvgIpc) is 3.12. The van der Waals surface area contributed by atoms with Crippen LogP contribution in [0, 0.1) is 0 Å². The van der Waals surface area contributed by atoms with Crippen LogP contribution in [0.25, 0.3) is 0 Å². The van der Waals surface area contributed by atoms with Crippen molar-refractivity contribution in [1.82, 2.24) is 25.4 Å². The summed E-state index contributed by atoms with van der Waals surface area (Å²) in [5.74, 6) is 0.0937. The molecule has 1 saturated carbocycles. The molecule has 3 N–H and O–H groups in total. The third-order valence-corrected chi connectivity index (χ3v) is 3.84. The van der Waals surface area contributed by atoms with Gasteiger partial charge in [-0.15, -0.1) is 5.10 Å². The van der Waals surface area contributed by atoms with E-state index >= 15 is 0 Å². The van der Waals surface area contributed by atoms with Crippen LogP contribution in [0.2, 0.25) is 0 Å². The van der Waals surface area contributed by atoms with Gasteiger partial charge in [-0.3, -0.25) is 14.7 Å². The number of carbonyl (C=O) groups is 2. The van der Waals surface area contributed by atoms with E-state index in [1.807, 2.05) is 20.8 Å². The highest BCUT2D eigenvalue weighted by atomic mass is 32.2. The van der Waals surface area contributed by atoms with Crippen molar-refractivity contribution in [1.29, 1.82) is 0 Å². The molecule has 0 radical (unpaired) electrons. The van der Waals surface area contributed by atoms with Crippen LogP contribution in [0.1, 0.15) is 46.1 Å². The van der Waals surface area contributed by atoms with Crippen LogP contribution in [0.3, 0.4) is 0 Å². The number of hydrogen-bond acceptors (Lipinski definition) is 5. The van der Waals surface area contributed by atoms with Crippen LogP contribution in [-0.2, 0) is 4.79 Å². The van der Waals surface area contributed by atoms with E-state index in [4.69, 9.17) is 0 Å². The van der Waals surface area contributed by atoms with Gasteiger partial charge in [0.15, 0.2) is 5.16 Å². The summed E-state index contributed by atoms with van der Waals surface area (Å²) < 4.78 is 1.63. The van der Waals surface area contributed by atoms with Crippen LogP contribution in [0.4, 0.5) is 4.79 Å². The van der Waals surface area contributed by atoms with Crippen molar-refractivity contribution in [2.24, 2.45) is 0 Å². The Hall–Kier alpha value is -1.77. The minimum atomic E-state index is -0.503. The largest absolute Gasteiger partial charge is 0.344 e. The smallest absolute Gasteiger partial charge is 0.333 e. The minimum Gasteiger partial charge on any atom is -0.333 e. The quantitative estimate of drug-likeness (QED) is 0.699. The van der Waals surface area contributed by atoms with Gasteiger partial charge in [-0.2, -0.15) is 0 Å². The van der Waals surface area contributed by atoms with Gasteiger partial charge in [0.2, 0.25) is 5.91 Å². The number of H-pyrrole nitrogens is 1. The van der Waals surface area contributed by atoms with Crippen molar-refractivity contribution in [3.63, 3.8) is 0 Å². The van der Waals surface area contributed by atoms with E-state index in [2.05, 4.69) is 20.8 Å². The summed E-state index contributed by atoms with van der Waals surface area (Å²) in [6.07, 6.45) is 2.15. The highest BCUT2D eigenvalue weighted by Crippen LogP contribution is 2.36. The first-order valence-corrected chi connectivity index (χ1v) is 8.16. The fraction of sp³-hybridized carbons (Fsp3) is 0.692. The Morgan fingerprint density at radius 2 is 2.09 bits per heavy atom. The second-order valence-corrected chi connectivity index (χ2v) is 7.33. The molecule has 8 nitrogen and oxygen atoms in total. The first kappa shape index (κ1) is 16.6. The Morgan fingerprint density at radius 1 is 1.41 bits per heavy atom. The average molecular weight is 327 g/mol. The lowest BCUT2D eigenvalue weighted by atomic mass is 10.1. The Morgan fingerprint density at radius 3 is 2.68 bits per heavy atom. The molecule has 1 aliphatic rings. The molecule has 1 aromatic rings. The first-order chi connectivity index (χ1) is 10.3. The first-order valence-electron chi connectivity index (χ1n) is 7.18. The number of aromatic amines is 1. The third kappa shape index (κ3) is 4.90. The number of aromatic nitrogens is 3. The number of thioether (sulfide) groups is 1. The van der Waals surface area contributed by atoms with Crippen LogP contribution in [-0.4, -0.2) is 38.0 Å². The maximum atomic E-state index is 11.7. The van der Waals surface area contributed by atoms with Crippen molar-refractivity contribution in [3.05, 3.63) is 10.5 Å². The van der Waals surface area contributed by atoms with Gasteiger partial charge in [-0.05, 0) is 33.6 Å². The zero-order valence-electron chi connectivity index (χ0n) is 12.9. The molecule has 0 atom stereocenters. The zero-order valence-corrected chi connectivity index (χ0v) is 13.7. The van der Waals surface area contributed by atoms with Crippen molar-refractivity contribution in [3.8, 4) is 0 Å². The predicted molar refractivity (Wildman–Crippen MR) is 82.9 cm³/mol. The van der Waals surface area contributed by atoms with Crippen LogP contribution >= 0.6 is 11.8 Å². The molecule has 22 heavy (non-hydrogen) atoms. The minimum absolute atomic E-state index is 0.175. The standard InChI is InChI=1S/C13H21N5O3S/c1-13(2,3)15-10(20)14-9(19)6-7-22-12-17-16-11(21)18(12)8-4-5-8/h8H,4-7H2,1-3H3,(H,16,21)(H2,14,15,19,20). The highest BCUT2D eigenvalue weighted by molar-refractivity contribution is 7.99. The maximum absolute atomic E-state index is 11.7. The lowest BCUT2D eigenvalue weighted by Crippen LogP contribution is -2.48. The van der Waals surface area contributed by atoms with E-state index in [0.29, 0.717) is 10.9 Å². The van der Waals surface area contributed by atoms with E-state index in [0.717, 1.165) is 12.8 Å². The molecule has 122 valence electrons. The number of hydrogen-bond donors (Lipinski definition) is 3. The Labute approximate surface area is 132 Å². The molecule has 0 saturated heterocycles. The summed E-state index contributed by atoms with van der Waals surface area (Å²) in [4.78, 5) is 34.8. The number of imide groups is 1. The summed E-state index contributed by atoms with van der Waals surface area (Å²) in [5, 5.41) is 11.9. The van der Waals surface area contributed by atoms with E-state index in [1.165, 1.54) is 11.8 Å². The summed E-state index contributed by atoms with van der Waals surface area (Å²) >= 11 is 1.33. The monoisotopic (exact) mass is 327 g/mol. The summed E-state index contributed by atoms with van der Waals surface area (Å²) in [7, 11) is 0. The normalized spacial score (nSPS) is 14.7. The van der Waals surface area contributed by atoms with Gasteiger partial charge in [0.25, 0.3) is 0 Å². The second kappa shape index (κ2) is 6.55. The Bertz CT molecular complexity index is 612. The number of nitrogens with zero attached hydrogens (tertiary/aromatic N) is 2. The highest BCUT2D eigenvalue weighted by Gasteiger charge is 2.28. The molecule has 1 heterocycles. The van der Waals surface area contributed by atoms with Crippen LogP contribution in [0.5, 0.6) is 0 Å². The summed E-state index contributed by atoms with van der Waals surface area (Å²) in [6.45, 7) is 5.50. The third-order valence-electron chi connectivity index (χ3n) is 2.89. The maximum Gasteiger partial charge on any atom is 0.344 e. The topological polar surface area (TPSA) is 109 Å². The van der Waals surface area contributed by atoms with Gasteiger partial charge in [0.1, 0.15) is 0 Å². The molecule has 3 amide bonds. The number of rotatable bonds is 5. The number of carbonyl (C=O) groups excluding carboxylic acids is 2. The summed E-state index contributed by atoms with van der Waals surface area (Å²) in [6, 6.07) is -0.266. The molecule has 9 heteroatoms. The molecule has 1 fully saturated rings. The molecule has 1 aliphatic carbocycles. The SMILES string of the molecule is CC(C)(C)NC(=O)NC(=O)CCSc1n[nH]c(=O)n1C1CC1. The molecule has 0 aromatic carbocycles. The Balaban J connectivity index is 1.76. The molecule has 2 rings (SSSR count). The molecule has 1 aromatic heterocycles. The second-order valence-electron chi connectivity index (χ2n) is 6.26. The van der Waals surface area contributed by atoms with Crippen molar-refractivity contribution in [2.75, 3.05) is 5.75 Å². The van der Waals surface area contributed by atoms with Crippen molar-refractivity contribution in [2.45, 2.75) is 56.8 Å². The molecular weight excluding hydrogens is 306 g/mol.